The number of pyridine rings is 1. The number of furan rings is 1. The molecule has 0 aliphatic heterocycles. The Labute approximate surface area is 201 Å². The summed E-state index contributed by atoms with van der Waals surface area (Å²) in [5.41, 5.74) is 9.50. The SMILES string of the molecule is CN(Cc1ccc(-c2ccc3ncnc(N)c3c2)o1)c1ccc(OCc2ccccn2)c(Cl)c1. The monoisotopic (exact) mass is 471 g/mol. The van der Waals surface area contributed by atoms with Gasteiger partial charge in [-0.1, -0.05) is 17.7 Å². The first kappa shape index (κ1) is 21.7. The second-order valence-electron chi connectivity index (χ2n) is 7.84. The number of halogens is 1. The topological polar surface area (TPSA) is 90.3 Å². The summed E-state index contributed by atoms with van der Waals surface area (Å²) in [7, 11) is 1.98. The van der Waals surface area contributed by atoms with E-state index in [1.807, 2.05) is 73.8 Å². The van der Waals surface area contributed by atoms with Gasteiger partial charge in [-0.15, -0.1) is 0 Å². The number of aromatic nitrogens is 3. The quantitative estimate of drug-likeness (QED) is 0.324. The van der Waals surface area contributed by atoms with E-state index in [0.717, 1.165) is 39.4 Å². The van der Waals surface area contributed by atoms with E-state index < -0.39 is 0 Å². The van der Waals surface area contributed by atoms with Gasteiger partial charge >= 0.3 is 0 Å². The molecule has 0 spiro atoms. The molecule has 0 aliphatic carbocycles. The Morgan fingerprint density at radius 1 is 1.00 bits per heavy atom. The molecule has 170 valence electrons. The third-order valence-electron chi connectivity index (χ3n) is 5.46. The lowest BCUT2D eigenvalue weighted by Crippen LogP contribution is -2.15. The third-order valence-corrected chi connectivity index (χ3v) is 5.76. The van der Waals surface area contributed by atoms with Gasteiger partial charge in [0.25, 0.3) is 0 Å². The average molecular weight is 472 g/mol. The fourth-order valence-corrected chi connectivity index (χ4v) is 3.88. The van der Waals surface area contributed by atoms with E-state index in [0.29, 0.717) is 29.7 Å². The van der Waals surface area contributed by atoms with E-state index >= 15 is 0 Å². The van der Waals surface area contributed by atoms with Crippen LogP contribution in [0.2, 0.25) is 5.02 Å². The summed E-state index contributed by atoms with van der Waals surface area (Å²) in [4.78, 5) is 14.6. The molecule has 8 heteroatoms. The first-order valence-electron chi connectivity index (χ1n) is 10.7. The fourth-order valence-electron chi connectivity index (χ4n) is 3.65. The number of nitrogens with zero attached hydrogens (tertiary/aromatic N) is 4. The molecule has 0 bridgehead atoms. The summed E-state index contributed by atoms with van der Waals surface area (Å²) in [6.07, 6.45) is 3.20. The Kier molecular flexibility index (Phi) is 6.01. The Hall–Kier alpha value is -4.10. The largest absolute Gasteiger partial charge is 0.486 e. The minimum Gasteiger partial charge on any atom is -0.486 e. The molecule has 0 amide bonds. The van der Waals surface area contributed by atoms with E-state index in [-0.39, 0.29) is 0 Å². The van der Waals surface area contributed by atoms with Gasteiger partial charge in [-0.3, -0.25) is 4.98 Å². The maximum Gasteiger partial charge on any atom is 0.138 e. The summed E-state index contributed by atoms with van der Waals surface area (Å²) in [5, 5.41) is 1.34. The highest BCUT2D eigenvalue weighted by atomic mass is 35.5. The molecule has 3 aromatic heterocycles. The predicted octanol–water partition coefficient (Wildman–Crippen LogP) is 5.74. The molecular weight excluding hydrogens is 450 g/mol. The van der Waals surface area contributed by atoms with Gasteiger partial charge in [0, 0.05) is 29.9 Å². The van der Waals surface area contributed by atoms with Crippen LogP contribution in [0.3, 0.4) is 0 Å². The van der Waals surface area contributed by atoms with Crippen molar-refractivity contribution < 1.29 is 9.15 Å². The van der Waals surface area contributed by atoms with E-state index in [4.69, 9.17) is 26.5 Å². The van der Waals surface area contributed by atoms with E-state index in [9.17, 15) is 0 Å². The molecule has 0 atom stereocenters. The molecule has 0 aliphatic rings. The minimum atomic E-state index is 0.359. The third kappa shape index (κ3) is 4.65. The van der Waals surface area contributed by atoms with Crippen LogP contribution in [-0.4, -0.2) is 22.0 Å². The zero-order valence-electron chi connectivity index (χ0n) is 18.5. The van der Waals surface area contributed by atoms with Gasteiger partial charge in [0.2, 0.25) is 0 Å². The van der Waals surface area contributed by atoms with Gasteiger partial charge in [0.05, 0.1) is 22.8 Å². The highest BCUT2D eigenvalue weighted by Gasteiger charge is 2.12. The van der Waals surface area contributed by atoms with Gasteiger partial charge in [0.15, 0.2) is 0 Å². The van der Waals surface area contributed by atoms with Crippen molar-refractivity contribution in [3.8, 4) is 17.1 Å². The minimum absolute atomic E-state index is 0.359. The van der Waals surface area contributed by atoms with Crippen LogP contribution in [0.4, 0.5) is 11.5 Å². The first-order chi connectivity index (χ1) is 16.6. The van der Waals surface area contributed by atoms with Gasteiger partial charge in [-0.05, 0) is 60.7 Å². The molecule has 0 unspecified atom stereocenters. The predicted molar refractivity (Wildman–Crippen MR) is 134 cm³/mol. The van der Waals surface area contributed by atoms with E-state index in [1.165, 1.54) is 6.33 Å². The molecule has 0 saturated heterocycles. The Bertz CT molecular complexity index is 1440. The Balaban J connectivity index is 1.27. The maximum absolute atomic E-state index is 6.47. The summed E-state index contributed by atoms with van der Waals surface area (Å²) < 4.78 is 11.9. The highest BCUT2D eigenvalue weighted by Crippen LogP contribution is 2.31. The molecule has 2 aromatic carbocycles. The maximum atomic E-state index is 6.47. The van der Waals surface area contributed by atoms with Crippen molar-refractivity contribution >= 4 is 34.0 Å². The van der Waals surface area contributed by atoms with Crippen LogP contribution >= 0.6 is 11.6 Å². The lowest BCUT2D eigenvalue weighted by molar-refractivity contribution is 0.301. The van der Waals surface area contributed by atoms with Crippen molar-refractivity contribution in [1.82, 2.24) is 15.0 Å². The van der Waals surface area contributed by atoms with Crippen LogP contribution in [0, 0.1) is 0 Å². The highest BCUT2D eigenvalue weighted by molar-refractivity contribution is 6.32. The number of hydrogen-bond acceptors (Lipinski definition) is 7. The second-order valence-corrected chi connectivity index (χ2v) is 8.24. The number of benzene rings is 2. The molecule has 7 nitrogen and oxygen atoms in total. The van der Waals surface area contributed by atoms with Crippen LogP contribution in [0.25, 0.3) is 22.2 Å². The molecule has 5 aromatic rings. The second kappa shape index (κ2) is 9.41. The normalized spacial score (nSPS) is 11.0. The van der Waals surface area contributed by atoms with Crippen LogP contribution in [0.5, 0.6) is 5.75 Å². The van der Waals surface area contributed by atoms with Crippen molar-refractivity contribution in [2.24, 2.45) is 0 Å². The van der Waals surface area contributed by atoms with Gasteiger partial charge < -0.3 is 19.8 Å². The number of anilines is 2. The molecule has 5 rings (SSSR count). The lowest BCUT2D eigenvalue weighted by atomic mass is 10.1. The molecule has 0 radical (unpaired) electrons. The van der Waals surface area contributed by atoms with Crippen LogP contribution in [0.15, 0.2) is 83.7 Å². The number of fused-ring (bicyclic) bond motifs is 1. The van der Waals surface area contributed by atoms with Crippen molar-refractivity contribution in [3.63, 3.8) is 0 Å². The average Bonchev–Trinajstić information content (AvgIpc) is 3.32. The number of rotatable bonds is 7. The number of ether oxygens (including phenoxy) is 1. The number of nitrogen functional groups attached to an aromatic ring is 1. The first-order valence-corrected chi connectivity index (χ1v) is 11.1. The van der Waals surface area contributed by atoms with Crippen molar-refractivity contribution in [3.05, 3.63) is 95.7 Å². The molecule has 0 saturated carbocycles. The number of nitrogens with two attached hydrogens (primary N) is 1. The molecule has 34 heavy (non-hydrogen) atoms. The summed E-state index contributed by atoms with van der Waals surface area (Å²) in [6.45, 7) is 0.931. The zero-order chi connectivity index (χ0) is 23.5. The summed E-state index contributed by atoms with van der Waals surface area (Å²) in [6, 6.07) is 21.2. The van der Waals surface area contributed by atoms with Crippen molar-refractivity contribution in [2.45, 2.75) is 13.2 Å². The van der Waals surface area contributed by atoms with Gasteiger partial charge in [-0.2, -0.15) is 0 Å². The fraction of sp³-hybridized carbons (Fsp3) is 0.115. The summed E-state index contributed by atoms with van der Waals surface area (Å²) in [5.74, 6) is 2.64. The van der Waals surface area contributed by atoms with Gasteiger partial charge in [0.1, 0.15) is 36.0 Å². The molecule has 3 heterocycles. The van der Waals surface area contributed by atoms with Crippen LogP contribution in [0.1, 0.15) is 11.5 Å². The molecule has 2 N–H and O–H groups in total. The Morgan fingerprint density at radius 2 is 1.91 bits per heavy atom. The summed E-state index contributed by atoms with van der Waals surface area (Å²) >= 11 is 6.47. The standard InChI is InChI=1S/C26H22ClN5O2/c1-32(19-6-9-25(22(27)13-19)33-15-18-4-2-3-11-29-18)14-20-7-10-24(34-20)17-5-8-23-21(12-17)26(28)31-16-30-23/h2-13,16H,14-15H2,1H3,(H2,28,30,31). The molecular formula is C26H22ClN5O2. The van der Waals surface area contributed by atoms with E-state index in [1.54, 1.807) is 6.20 Å². The van der Waals surface area contributed by atoms with Crippen molar-refractivity contribution in [2.75, 3.05) is 17.7 Å². The number of hydrogen-bond donors (Lipinski definition) is 1. The molecule has 0 fully saturated rings. The Morgan fingerprint density at radius 3 is 2.74 bits per heavy atom. The van der Waals surface area contributed by atoms with E-state index in [2.05, 4.69) is 19.9 Å². The van der Waals surface area contributed by atoms with Gasteiger partial charge in [-0.25, -0.2) is 9.97 Å². The zero-order valence-corrected chi connectivity index (χ0v) is 19.2. The lowest BCUT2D eigenvalue weighted by Gasteiger charge is -2.19. The van der Waals surface area contributed by atoms with Crippen LogP contribution in [-0.2, 0) is 13.2 Å². The smallest absolute Gasteiger partial charge is 0.138 e. The van der Waals surface area contributed by atoms with Crippen LogP contribution < -0.4 is 15.4 Å². The van der Waals surface area contributed by atoms with Crippen molar-refractivity contribution in [1.29, 1.82) is 0 Å².